The number of hydrogen-bond acceptors (Lipinski definition) is 8. The minimum Gasteiger partial charge on any atom is -0.353 e. The number of benzene rings is 4. The Morgan fingerprint density at radius 2 is 0.800 bits per heavy atom. The van der Waals surface area contributed by atoms with Gasteiger partial charge in [0.15, 0.2) is 0 Å². The lowest BCUT2D eigenvalue weighted by Crippen LogP contribution is -2.52. The van der Waals surface area contributed by atoms with Crippen molar-refractivity contribution in [3.05, 3.63) is 143 Å². The maximum absolute atomic E-state index is 12.8. The van der Waals surface area contributed by atoms with Gasteiger partial charge in [0.25, 0.3) is 23.6 Å². The van der Waals surface area contributed by atoms with Gasteiger partial charge in [0, 0.05) is 59.3 Å². The fourth-order valence-corrected chi connectivity index (χ4v) is 4.82. The fourth-order valence-electron chi connectivity index (χ4n) is 4.82. The van der Waals surface area contributed by atoms with E-state index in [4.69, 9.17) is 10.4 Å². The summed E-state index contributed by atoms with van der Waals surface area (Å²) >= 11 is 0. The Balaban J connectivity index is 1.19. The zero-order chi connectivity index (χ0) is 39.4. The van der Waals surface area contributed by atoms with Gasteiger partial charge in [-0.05, 0) is 79.2 Å². The smallest absolute Gasteiger partial charge is 0.267 e. The lowest BCUT2D eigenvalue weighted by atomic mass is 10.1. The Morgan fingerprint density at radius 3 is 1.13 bits per heavy atom. The van der Waals surface area contributed by atoms with Crippen LogP contribution in [0.1, 0.15) is 62.2 Å². The maximum atomic E-state index is 12.8. The van der Waals surface area contributed by atoms with Crippen LogP contribution in [-0.4, -0.2) is 71.0 Å². The van der Waals surface area contributed by atoms with E-state index in [1.807, 2.05) is 60.7 Å². The first-order valence-corrected chi connectivity index (χ1v) is 17.0. The second-order valence-electron chi connectivity index (χ2n) is 11.9. The van der Waals surface area contributed by atoms with Crippen molar-refractivity contribution in [1.82, 2.24) is 32.2 Å². The number of amides is 6. The molecule has 4 aromatic carbocycles. The number of hydrogen-bond donors (Lipinski definition) is 8. The van der Waals surface area contributed by atoms with Gasteiger partial charge in [-0.3, -0.25) is 39.2 Å². The lowest BCUT2D eigenvalue weighted by Gasteiger charge is -2.18. The normalized spacial score (nSPS) is 11.1. The first-order chi connectivity index (χ1) is 26.6. The van der Waals surface area contributed by atoms with Crippen LogP contribution >= 0.6 is 0 Å². The van der Waals surface area contributed by atoms with Crippen molar-refractivity contribution in [2.45, 2.75) is 31.3 Å². The molecule has 0 spiro atoms. The third kappa shape index (κ3) is 13.7. The average molecular weight is 743 g/mol. The van der Waals surface area contributed by atoms with E-state index >= 15 is 0 Å². The van der Waals surface area contributed by atoms with Crippen LogP contribution in [0.15, 0.2) is 109 Å². The van der Waals surface area contributed by atoms with E-state index in [1.165, 1.54) is 35.2 Å². The van der Waals surface area contributed by atoms with E-state index in [0.29, 0.717) is 11.1 Å². The zero-order valence-corrected chi connectivity index (χ0v) is 29.4. The molecule has 0 saturated heterocycles. The molecule has 4 rings (SSSR count). The monoisotopic (exact) mass is 742 g/mol. The topological polar surface area (TPSA) is 215 Å². The highest BCUT2D eigenvalue weighted by atomic mass is 16.5. The summed E-state index contributed by atoms with van der Waals surface area (Å²) in [6.07, 6.45) is -0.199. The molecule has 8 N–H and O–H groups in total. The molecular weight excluding hydrogens is 704 g/mol. The predicted octanol–water partition coefficient (Wildman–Crippen LogP) is 1.80. The van der Waals surface area contributed by atoms with E-state index in [9.17, 15) is 28.8 Å². The van der Waals surface area contributed by atoms with Gasteiger partial charge in [-0.15, -0.1) is 0 Å². The van der Waals surface area contributed by atoms with Gasteiger partial charge in [0.2, 0.25) is 11.8 Å². The molecule has 0 bridgehead atoms. The molecule has 2 atom stereocenters. The van der Waals surface area contributed by atoms with Crippen LogP contribution in [0.2, 0.25) is 0 Å². The van der Waals surface area contributed by atoms with Crippen LogP contribution in [0.3, 0.4) is 0 Å². The van der Waals surface area contributed by atoms with Gasteiger partial charge in [-0.25, -0.2) is 11.0 Å². The van der Waals surface area contributed by atoms with Crippen LogP contribution in [-0.2, 0) is 19.2 Å². The summed E-state index contributed by atoms with van der Waals surface area (Å²) in [4.78, 5) is 75.0. The molecule has 4 aromatic rings. The third-order valence-corrected chi connectivity index (χ3v) is 7.82. The zero-order valence-electron chi connectivity index (χ0n) is 29.4. The molecule has 0 aliphatic carbocycles. The molecule has 280 valence electrons. The standard InChI is InChI=1S/C41H38N6O8/c48-36(42-26-34(40(52)46-54)44-38(50)32-22-18-30(19-23-32)16-14-28-8-3-1-4-9-28)12-7-13-37(49)43-27-35(41(53)47-55)45-39(51)33-24-20-31(21-25-33)17-15-29-10-5-2-6-11-29/h1-6,8-11,18-25,34-35,54-55H,7,12-13,26-27H2,(H,42,48)(H,43,49)(H,44,50)(H,45,51)(H,46,52)(H,47,53)/t34-,35-/m0/s1. The van der Waals surface area contributed by atoms with Crippen LogP contribution in [0.4, 0.5) is 0 Å². The number of carbonyl (C=O) groups excluding carboxylic acids is 6. The first kappa shape index (κ1) is 40.5. The van der Waals surface area contributed by atoms with Crippen molar-refractivity contribution in [2.24, 2.45) is 0 Å². The minimum absolute atomic E-state index is 0.0726. The summed E-state index contributed by atoms with van der Waals surface area (Å²) in [5.41, 5.74) is 6.35. The van der Waals surface area contributed by atoms with Gasteiger partial charge in [0.05, 0.1) is 0 Å². The van der Waals surface area contributed by atoms with Gasteiger partial charge in [-0.1, -0.05) is 60.1 Å². The Labute approximate surface area is 317 Å². The molecule has 0 aliphatic rings. The van der Waals surface area contributed by atoms with Crippen molar-refractivity contribution in [3.8, 4) is 23.7 Å². The molecule has 0 heterocycles. The summed E-state index contributed by atoms with van der Waals surface area (Å²) in [5.74, 6) is 7.76. The second kappa shape index (κ2) is 21.3. The number of nitrogens with one attached hydrogen (secondary N) is 6. The molecule has 0 aliphatic heterocycles. The van der Waals surface area contributed by atoms with Crippen LogP contribution in [0, 0.1) is 23.7 Å². The van der Waals surface area contributed by atoms with E-state index in [0.717, 1.165) is 11.1 Å². The van der Waals surface area contributed by atoms with Gasteiger partial charge < -0.3 is 21.3 Å². The molecule has 0 fully saturated rings. The van der Waals surface area contributed by atoms with Crippen LogP contribution in [0.25, 0.3) is 0 Å². The van der Waals surface area contributed by atoms with E-state index < -0.39 is 47.5 Å². The fraction of sp³-hybridized carbons (Fsp3) is 0.171. The van der Waals surface area contributed by atoms with Crippen LogP contribution in [0.5, 0.6) is 0 Å². The highest BCUT2D eigenvalue weighted by Crippen LogP contribution is 2.07. The highest BCUT2D eigenvalue weighted by molar-refractivity contribution is 5.98. The van der Waals surface area contributed by atoms with Gasteiger partial charge >= 0.3 is 0 Å². The van der Waals surface area contributed by atoms with Crippen LogP contribution < -0.4 is 32.2 Å². The van der Waals surface area contributed by atoms with Gasteiger partial charge in [-0.2, -0.15) is 0 Å². The minimum atomic E-state index is -1.32. The summed E-state index contributed by atoms with van der Waals surface area (Å²) < 4.78 is 0. The summed E-state index contributed by atoms with van der Waals surface area (Å²) in [6, 6.07) is 28.8. The van der Waals surface area contributed by atoms with E-state index in [2.05, 4.69) is 44.9 Å². The molecule has 0 aromatic heterocycles. The quantitative estimate of drug-likeness (QED) is 0.0541. The highest BCUT2D eigenvalue weighted by Gasteiger charge is 2.23. The number of rotatable bonds is 14. The first-order valence-electron chi connectivity index (χ1n) is 17.0. The summed E-state index contributed by atoms with van der Waals surface area (Å²) in [6.45, 7) is -0.712. The second-order valence-corrected chi connectivity index (χ2v) is 11.9. The Kier molecular flexibility index (Phi) is 15.7. The molecule has 0 radical (unpaired) electrons. The van der Waals surface area contributed by atoms with Crippen molar-refractivity contribution < 1.29 is 39.2 Å². The molecule has 55 heavy (non-hydrogen) atoms. The molecular formula is C41H38N6O8. The average Bonchev–Trinajstić information content (AvgIpc) is 3.22. The lowest BCUT2D eigenvalue weighted by molar-refractivity contribution is -0.132. The van der Waals surface area contributed by atoms with Crippen molar-refractivity contribution in [3.63, 3.8) is 0 Å². The van der Waals surface area contributed by atoms with Crippen molar-refractivity contribution in [2.75, 3.05) is 13.1 Å². The Morgan fingerprint density at radius 1 is 0.473 bits per heavy atom. The van der Waals surface area contributed by atoms with Gasteiger partial charge in [0.1, 0.15) is 12.1 Å². The maximum Gasteiger partial charge on any atom is 0.267 e. The van der Waals surface area contributed by atoms with Crippen molar-refractivity contribution in [1.29, 1.82) is 0 Å². The molecule has 14 nitrogen and oxygen atoms in total. The largest absolute Gasteiger partial charge is 0.353 e. The Hall–Kier alpha value is -7.26. The predicted molar refractivity (Wildman–Crippen MR) is 200 cm³/mol. The summed E-state index contributed by atoms with van der Waals surface area (Å²) in [5, 5.41) is 28.2. The SMILES string of the molecule is O=C(CCCC(=O)NC[C@H](NC(=O)c1ccc(C#Cc2ccccc2)cc1)C(=O)NO)NC[C@H](NC(=O)c1ccc(C#Cc2ccccc2)cc1)C(=O)NO. The molecule has 0 unspecified atom stereocenters. The molecule has 6 amide bonds. The van der Waals surface area contributed by atoms with Crippen molar-refractivity contribution >= 4 is 35.4 Å². The third-order valence-electron chi connectivity index (χ3n) is 7.82. The summed E-state index contributed by atoms with van der Waals surface area (Å²) in [7, 11) is 0. The molecule has 0 saturated carbocycles. The number of hydroxylamine groups is 2. The molecule has 14 heteroatoms. The van der Waals surface area contributed by atoms with E-state index in [1.54, 1.807) is 24.3 Å². The number of carbonyl (C=O) groups is 6. The Bertz CT molecular complexity index is 1930. The van der Waals surface area contributed by atoms with E-state index in [-0.39, 0.29) is 43.5 Å².